The number of nitrogens with one attached hydrogen (secondary N) is 1. The number of anilines is 1. The molecule has 0 aliphatic heterocycles. The van der Waals surface area contributed by atoms with E-state index in [1.54, 1.807) is 12.3 Å². The van der Waals surface area contributed by atoms with E-state index in [9.17, 15) is 4.79 Å². The zero-order valence-corrected chi connectivity index (χ0v) is 13.1. The molecular formula is C15H11ClN4OS. The second-order valence-electron chi connectivity index (χ2n) is 4.51. The molecule has 110 valence electrons. The number of hydrogen-bond donors (Lipinski definition) is 1. The first-order chi connectivity index (χ1) is 10.6. The van der Waals surface area contributed by atoms with Gasteiger partial charge in [-0.15, -0.1) is 11.3 Å². The molecule has 0 saturated carbocycles. The lowest BCUT2D eigenvalue weighted by Crippen LogP contribution is -2.13. The molecule has 22 heavy (non-hydrogen) atoms. The van der Waals surface area contributed by atoms with Crippen LogP contribution in [0.1, 0.15) is 16.2 Å². The van der Waals surface area contributed by atoms with Crippen molar-refractivity contribution in [2.24, 2.45) is 0 Å². The second-order valence-corrected chi connectivity index (χ2v) is 5.78. The van der Waals surface area contributed by atoms with E-state index in [2.05, 4.69) is 20.3 Å². The van der Waals surface area contributed by atoms with Crippen molar-refractivity contribution in [2.75, 3.05) is 5.32 Å². The van der Waals surface area contributed by atoms with Gasteiger partial charge >= 0.3 is 0 Å². The first-order valence-corrected chi connectivity index (χ1v) is 7.69. The summed E-state index contributed by atoms with van der Waals surface area (Å²) >= 11 is 7.47. The van der Waals surface area contributed by atoms with E-state index in [0.717, 1.165) is 17.0 Å². The number of amides is 1. The van der Waals surface area contributed by atoms with Crippen LogP contribution in [0.25, 0.3) is 11.3 Å². The molecule has 1 aromatic carbocycles. The van der Waals surface area contributed by atoms with Gasteiger partial charge in [0.15, 0.2) is 5.13 Å². The topological polar surface area (TPSA) is 67.8 Å². The molecule has 0 atom stereocenters. The van der Waals surface area contributed by atoms with Gasteiger partial charge in [-0.3, -0.25) is 15.1 Å². The van der Waals surface area contributed by atoms with Gasteiger partial charge in [-0.1, -0.05) is 29.8 Å². The molecule has 3 aromatic rings. The molecule has 0 aliphatic carbocycles. The number of thiazole rings is 1. The molecule has 0 bridgehead atoms. The van der Waals surface area contributed by atoms with Crippen molar-refractivity contribution in [3.8, 4) is 11.3 Å². The first-order valence-electron chi connectivity index (χ1n) is 6.44. The zero-order valence-electron chi connectivity index (χ0n) is 11.6. The summed E-state index contributed by atoms with van der Waals surface area (Å²) < 4.78 is 0. The fourth-order valence-electron chi connectivity index (χ4n) is 1.79. The van der Waals surface area contributed by atoms with E-state index in [1.807, 2.05) is 30.5 Å². The van der Waals surface area contributed by atoms with Crippen molar-refractivity contribution < 1.29 is 4.79 Å². The number of hydrogen-bond acceptors (Lipinski definition) is 5. The third-order valence-corrected chi connectivity index (χ3v) is 3.98. The highest BCUT2D eigenvalue weighted by atomic mass is 35.5. The zero-order chi connectivity index (χ0) is 15.5. The van der Waals surface area contributed by atoms with E-state index >= 15 is 0 Å². The molecule has 0 radical (unpaired) electrons. The Kier molecular flexibility index (Phi) is 4.13. The number of halogens is 1. The van der Waals surface area contributed by atoms with E-state index < -0.39 is 0 Å². The summed E-state index contributed by atoms with van der Waals surface area (Å²) in [7, 11) is 0. The Morgan fingerprint density at radius 1 is 1.23 bits per heavy atom. The number of benzene rings is 1. The summed E-state index contributed by atoms with van der Waals surface area (Å²) in [5.41, 5.74) is 2.56. The number of carbonyl (C=O) groups excluding carboxylic acids is 1. The van der Waals surface area contributed by atoms with Crippen molar-refractivity contribution in [1.82, 2.24) is 15.0 Å². The maximum absolute atomic E-state index is 12.1. The molecule has 0 spiro atoms. The highest BCUT2D eigenvalue weighted by Crippen LogP contribution is 2.30. The van der Waals surface area contributed by atoms with Crippen molar-refractivity contribution in [2.45, 2.75) is 6.92 Å². The van der Waals surface area contributed by atoms with Gasteiger partial charge in [0, 0.05) is 22.2 Å². The minimum atomic E-state index is -0.340. The number of nitrogens with zero attached hydrogens (tertiary/aromatic N) is 3. The van der Waals surface area contributed by atoms with Crippen molar-refractivity contribution in [3.63, 3.8) is 0 Å². The van der Waals surface area contributed by atoms with Crippen LogP contribution in [0.4, 0.5) is 5.13 Å². The molecule has 1 amide bonds. The number of aryl methyl sites for hydroxylation is 1. The van der Waals surface area contributed by atoms with Crippen molar-refractivity contribution in [1.29, 1.82) is 0 Å². The molecular weight excluding hydrogens is 320 g/mol. The predicted molar refractivity (Wildman–Crippen MR) is 87.3 cm³/mol. The van der Waals surface area contributed by atoms with Gasteiger partial charge < -0.3 is 0 Å². The van der Waals surface area contributed by atoms with Crippen LogP contribution in [0.3, 0.4) is 0 Å². The average molecular weight is 331 g/mol. The summed E-state index contributed by atoms with van der Waals surface area (Å²) in [6.07, 6.45) is 2.99. The van der Waals surface area contributed by atoms with Crippen LogP contribution in [0.15, 0.2) is 42.0 Å². The monoisotopic (exact) mass is 330 g/mol. The maximum atomic E-state index is 12.1. The summed E-state index contributed by atoms with van der Waals surface area (Å²) in [4.78, 5) is 24.5. The molecule has 7 heteroatoms. The van der Waals surface area contributed by atoms with Crippen LogP contribution >= 0.6 is 22.9 Å². The normalized spacial score (nSPS) is 10.5. The van der Waals surface area contributed by atoms with Gasteiger partial charge in [-0.25, -0.2) is 9.97 Å². The minimum Gasteiger partial charge on any atom is -0.296 e. The third kappa shape index (κ3) is 3.13. The Labute approximate surface area is 136 Å². The molecule has 0 unspecified atom stereocenters. The van der Waals surface area contributed by atoms with Crippen LogP contribution in [0.5, 0.6) is 0 Å². The molecule has 0 fully saturated rings. The van der Waals surface area contributed by atoms with Crippen LogP contribution in [0, 0.1) is 6.92 Å². The molecule has 0 aliphatic rings. The largest absolute Gasteiger partial charge is 0.296 e. The Morgan fingerprint density at radius 3 is 2.77 bits per heavy atom. The third-order valence-electron chi connectivity index (χ3n) is 2.89. The van der Waals surface area contributed by atoms with Gasteiger partial charge in [0.05, 0.1) is 17.6 Å². The van der Waals surface area contributed by atoms with E-state index in [-0.39, 0.29) is 11.6 Å². The average Bonchev–Trinajstić information content (AvgIpc) is 2.96. The fourth-order valence-corrected chi connectivity index (χ4v) is 2.73. The molecule has 3 rings (SSSR count). The van der Waals surface area contributed by atoms with Crippen molar-refractivity contribution in [3.05, 3.63) is 58.4 Å². The lowest BCUT2D eigenvalue weighted by atomic mass is 10.2. The SMILES string of the molecule is Cc1cnc(C(=O)Nc2nc(-c3ccccc3Cl)cs2)cn1. The highest BCUT2D eigenvalue weighted by molar-refractivity contribution is 7.14. The maximum Gasteiger partial charge on any atom is 0.277 e. The van der Waals surface area contributed by atoms with E-state index in [1.165, 1.54) is 17.5 Å². The molecule has 2 aromatic heterocycles. The Hall–Kier alpha value is -2.31. The van der Waals surface area contributed by atoms with Gasteiger partial charge in [0.2, 0.25) is 0 Å². The summed E-state index contributed by atoms with van der Waals surface area (Å²) in [6.45, 7) is 1.81. The van der Waals surface area contributed by atoms with Gasteiger partial charge in [-0.05, 0) is 13.0 Å². The van der Waals surface area contributed by atoms with Crippen LogP contribution < -0.4 is 5.32 Å². The number of aromatic nitrogens is 3. The fraction of sp³-hybridized carbons (Fsp3) is 0.0667. The van der Waals surface area contributed by atoms with Gasteiger partial charge in [0.1, 0.15) is 5.69 Å². The first kappa shape index (κ1) is 14.6. The quantitative estimate of drug-likeness (QED) is 0.792. The smallest absolute Gasteiger partial charge is 0.277 e. The van der Waals surface area contributed by atoms with Gasteiger partial charge in [0.25, 0.3) is 5.91 Å². The Morgan fingerprint density at radius 2 is 2.05 bits per heavy atom. The summed E-state index contributed by atoms with van der Waals surface area (Å²) in [6, 6.07) is 7.43. The lowest BCUT2D eigenvalue weighted by molar-refractivity contribution is 0.102. The molecule has 2 heterocycles. The van der Waals surface area contributed by atoms with E-state index in [4.69, 9.17) is 11.6 Å². The summed E-state index contributed by atoms with van der Waals surface area (Å²) in [5.74, 6) is -0.340. The minimum absolute atomic E-state index is 0.250. The predicted octanol–water partition coefficient (Wildman–Crippen LogP) is 3.81. The Bertz CT molecular complexity index is 816. The standard InChI is InChI=1S/C15H11ClN4OS/c1-9-6-18-12(7-17-9)14(21)20-15-19-13(8-22-15)10-4-2-3-5-11(10)16/h2-8H,1H3,(H,19,20,21). The summed E-state index contributed by atoms with van der Waals surface area (Å²) in [5, 5.41) is 5.66. The molecule has 0 saturated heterocycles. The highest BCUT2D eigenvalue weighted by Gasteiger charge is 2.12. The number of carbonyl (C=O) groups is 1. The molecule has 1 N–H and O–H groups in total. The van der Waals surface area contributed by atoms with Crippen LogP contribution in [0.2, 0.25) is 5.02 Å². The van der Waals surface area contributed by atoms with Gasteiger partial charge in [-0.2, -0.15) is 0 Å². The van der Waals surface area contributed by atoms with E-state index in [0.29, 0.717) is 10.2 Å². The number of rotatable bonds is 3. The van der Waals surface area contributed by atoms with Crippen molar-refractivity contribution >= 4 is 34.0 Å². The second kappa shape index (κ2) is 6.21. The Balaban J connectivity index is 1.78. The molecule has 5 nitrogen and oxygen atoms in total. The lowest BCUT2D eigenvalue weighted by Gasteiger charge is -2.01. The van der Waals surface area contributed by atoms with Crippen LogP contribution in [-0.4, -0.2) is 20.9 Å². The van der Waals surface area contributed by atoms with Crippen LogP contribution in [-0.2, 0) is 0 Å².